The topological polar surface area (TPSA) is 128 Å². The summed E-state index contributed by atoms with van der Waals surface area (Å²) in [6.45, 7) is 3.54. The molecule has 36 heavy (non-hydrogen) atoms. The first-order valence-electron chi connectivity index (χ1n) is 11.6. The molecule has 3 aromatic heterocycles. The van der Waals surface area contributed by atoms with Crippen LogP contribution in [0.4, 0.5) is 23.1 Å². The molecule has 0 aliphatic carbocycles. The number of aromatic nitrogens is 4. The molecule has 0 saturated carbocycles. The second kappa shape index (κ2) is 9.79. The second-order valence-corrected chi connectivity index (χ2v) is 9.52. The van der Waals surface area contributed by atoms with E-state index in [4.69, 9.17) is 39.0 Å². The van der Waals surface area contributed by atoms with Gasteiger partial charge >= 0.3 is 5.69 Å². The lowest BCUT2D eigenvalue weighted by atomic mass is 10.1. The SMILES string of the molecule is CCc1cc2c(N3CCCC(Nc4ccc([N+](=O)[O-])c(N)n4)C3)nc(-c3ccc(Cl)cc3Cl)cn2n1. The van der Waals surface area contributed by atoms with Crippen LogP contribution < -0.4 is 16.0 Å². The number of fused-ring (bicyclic) bond motifs is 1. The molecule has 1 saturated heterocycles. The van der Waals surface area contributed by atoms with Gasteiger partial charge in [-0.05, 0) is 49.6 Å². The molecule has 186 valence electrons. The highest BCUT2D eigenvalue weighted by atomic mass is 35.5. The highest BCUT2D eigenvalue weighted by molar-refractivity contribution is 6.36. The van der Waals surface area contributed by atoms with Crippen LogP contribution in [0.15, 0.2) is 42.6 Å². The van der Waals surface area contributed by atoms with E-state index >= 15 is 0 Å². The van der Waals surface area contributed by atoms with Crippen LogP contribution in [0.25, 0.3) is 16.8 Å². The fraction of sp³-hybridized carbons (Fsp3) is 0.292. The van der Waals surface area contributed by atoms with E-state index < -0.39 is 4.92 Å². The van der Waals surface area contributed by atoms with Crippen molar-refractivity contribution in [2.24, 2.45) is 0 Å². The number of nitrogens with zero attached hydrogens (tertiary/aromatic N) is 6. The molecule has 1 atom stereocenters. The van der Waals surface area contributed by atoms with Crippen LogP contribution in [0.3, 0.4) is 0 Å². The Labute approximate surface area is 217 Å². The summed E-state index contributed by atoms with van der Waals surface area (Å²) in [5.74, 6) is 1.20. The largest absolute Gasteiger partial charge is 0.378 e. The Morgan fingerprint density at radius 1 is 1.22 bits per heavy atom. The van der Waals surface area contributed by atoms with Gasteiger partial charge in [0.2, 0.25) is 5.82 Å². The van der Waals surface area contributed by atoms with Gasteiger partial charge in [-0.3, -0.25) is 10.1 Å². The van der Waals surface area contributed by atoms with Crippen LogP contribution in [-0.4, -0.2) is 43.6 Å². The minimum atomic E-state index is -0.540. The smallest absolute Gasteiger partial charge is 0.311 e. The Hall–Kier alpha value is -3.63. The lowest BCUT2D eigenvalue weighted by molar-refractivity contribution is -0.384. The van der Waals surface area contributed by atoms with Crippen molar-refractivity contribution >= 4 is 51.9 Å². The standard InChI is InChI=1S/C24H24Cl2N8O2/c1-2-15-11-21-24(29-19(13-33(21)31-15)17-6-5-14(25)10-18(17)26)32-9-3-4-16(12-32)28-22-8-7-20(34(35)36)23(27)30-22/h5-8,10-11,13,16H,2-4,9,12H2,1H3,(H3,27,28,30). The predicted molar refractivity (Wildman–Crippen MR) is 142 cm³/mol. The van der Waals surface area contributed by atoms with Gasteiger partial charge < -0.3 is 16.0 Å². The molecule has 1 aliphatic rings. The molecule has 5 rings (SSSR count). The fourth-order valence-electron chi connectivity index (χ4n) is 4.46. The summed E-state index contributed by atoms with van der Waals surface area (Å²) < 4.78 is 1.86. The van der Waals surface area contributed by atoms with E-state index in [1.54, 1.807) is 18.2 Å². The summed E-state index contributed by atoms with van der Waals surface area (Å²) in [6.07, 6.45) is 4.52. The maximum atomic E-state index is 11.1. The number of halogens is 2. The van der Waals surface area contributed by atoms with Crippen molar-refractivity contribution in [3.8, 4) is 11.3 Å². The maximum absolute atomic E-state index is 11.1. The van der Waals surface area contributed by atoms with E-state index in [1.807, 2.05) is 16.8 Å². The number of nitro groups is 1. The van der Waals surface area contributed by atoms with E-state index in [0.29, 0.717) is 28.1 Å². The number of nitrogens with two attached hydrogens (primary N) is 1. The van der Waals surface area contributed by atoms with Crippen molar-refractivity contribution in [2.75, 3.05) is 29.0 Å². The van der Waals surface area contributed by atoms with Crippen LogP contribution in [0.1, 0.15) is 25.5 Å². The number of benzene rings is 1. The summed E-state index contributed by atoms with van der Waals surface area (Å²) in [6, 6.07) is 10.4. The monoisotopic (exact) mass is 526 g/mol. The average molecular weight is 527 g/mol. The van der Waals surface area contributed by atoms with Crippen molar-refractivity contribution in [1.82, 2.24) is 19.6 Å². The third kappa shape index (κ3) is 4.74. The first kappa shape index (κ1) is 24.1. The van der Waals surface area contributed by atoms with Gasteiger partial charge in [0.15, 0.2) is 5.82 Å². The molecule has 10 nitrogen and oxygen atoms in total. The van der Waals surface area contributed by atoms with Crippen molar-refractivity contribution in [1.29, 1.82) is 0 Å². The third-order valence-electron chi connectivity index (χ3n) is 6.23. The highest BCUT2D eigenvalue weighted by Gasteiger charge is 2.25. The summed E-state index contributed by atoms with van der Waals surface area (Å²) >= 11 is 12.6. The maximum Gasteiger partial charge on any atom is 0.311 e. The van der Waals surface area contributed by atoms with Crippen LogP contribution >= 0.6 is 23.2 Å². The summed E-state index contributed by atoms with van der Waals surface area (Å²) in [4.78, 5) is 21.9. The van der Waals surface area contributed by atoms with E-state index in [1.165, 1.54) is 6.07 Å². The lowest BCUT2D eigenvalue weighted by Crippen LogP contribution is -2.43. The van der Waals surface area contributed by atoms with E-state index in [0.717, 1.165) is 48.4 Å². The number of rotatable bonds is 6. The zero-order valence-electron chi connectivity index (χ0n) is 19.5. The van der Waals surface area contributed by atoms with Gasteiger partial charge in [-0.25, -0.2) is 14.5 Å². The molecule has 3 N–H and O–H groups in total. The molecule has 0 amide bonds. The summed E-state index contributed by atoms with van der Waals surface area (Å²) in [5.41, 5.74) is 8.92. The summed E-state index contributed by atoms with van der Waals surface area (Å²) in [5, 5.41) is 20.2. The number of piperidine rings is 1. The number of aryl methyl sites for hydroxylation is 1. The molecule has 4 aromatic rings. The predicted octanol–water partition coefficient (Wildman–Crippen LogP) is 5.23. The Balaban J connectivity index is 1.48. The molecule has 1 aliphatic heterocycles. The molecule has 1 aromatic carbocycles. The van der Waals surface area contributed by atoms with Gasteiger partial charge in [0.1, 0.15) is 11.3 Å². The Bertz CT molecular complexity index is 1460. The highest BCUT2D eigenvalue weighted by Crippen LogP contribution is 2.33. The molecule has 0 spiro atoms. The lowest BCUT2D eigenvalue weighted by Gasteiger charge is -2.34. The van der Waals surface area contributed by atoms with Crippen LogP contribution in [0, 0.1) is 10.1 Å². The molecule has 1 fully saturated rings. The Morgan fingerprint density at radius 2 is 2.06 bits per heavy atom. The second-order valence-electron chi connectivity index (χ2n) is 8.68. The van der Waals surface area contributed by atoms with Crippen LogP contribution in [-0.2, 0) is 6.42 Å². The number of nitrogen functional groups attached to an aromatic ring is 1. The fourth-order valence-corrected chi connectivity index (χ4v) is 4.96. The molecule has 4 heterocycles. The van der Waals surface area contributed by atoms with E-state index in [-0.39, 0.29) is 17.5 Å². The first-order chi connectivity index (χ1) is 17.3. The van der Waals surface area contributed by atoms with Crippen molar-refractivity contribution in [3.63, 3.8) is 0 Å². The summed E-state index contributed by atoms with van der Waals surface area (Å²) in [7, 11) is 0. The van der Waals surface area contributed by atoms with Crippen molar-refractivity contribution in [2.45, 2.75) is 32.2 Å². The molecular weight excluding hydrogens is 503 g/mol. The average Bonchev–Trinajstić information content (AvgIpc) is 3.27. The van der Waals surface area contributed by atoms with Gasteiger partial charge in [0.05, 0.1) is 27.5 Å². The Kier molecular flexibility index (Phi) is 6.55. The first-order valence-corrected chi connectivity index (χ1v) is 12.3. The number of anilines is 3. The normalized spacial score (nSPS) is 15.9. The van der Waals surface area contributed by atoms with Crippen LogP contribution in [0.2, 0.25) is 10.0 Å². The van der Waals surface area contributed by atoms with E-state index in [9.17, 15) is 10.1 Å². The van der Waals surface area contributed by atoms with Crippen molar-refractivity contribution < 1.29 is 4.92 Å². The number of pyridine rings is 1. The zero-order chi connectivity index (χ0) is 25.4. The quantitative estimate of drug-likeness (QED) is 0.258. The van der Waals surface area contributed by atoms with Gasteiger partial charge in [0, 0.05) is 35.8 Å². The number of nitrogens with one attached hydrogen (secondary N) is 1. The van der Waals surface area contributed by atoms with Gasteiger partial charge in [0.25, 0.3) is 0 Å². The molecule has 1 unspecified atom stereocenters. The van der Waals surface area contributed by atoms with E-state index in [2.05, 4.69) is 28.2 Å². The minimum Gasteiger partial charge on any atom is -0.378 e. The number of hydrogen-bond acceptors (Lipinski definition) is 8. The van der Waals surface area contributed by atoms with Gasteiger partial charge in [-0.2, -0.15) is 5.10 Å². The minimum absolute atomic E-state index is 0.0466. The zero-order valence-corrected chi connectivity index (χ0v) is 21.0. The van der Waals surface area contributed by atoms with Crippen LogP contribution in [0.5, 0.6) is 0 Å². The molecular formula is C24H24Cl2N8O2. The molecule has 0 radical (unpaired) electrons. The third-order valence-corrected chi connectivity index (χ3v) is 6.78. The van der Waals surface area contributed by atoms with Gasteiger partial charge in [-0.1, -0.05) is 30.1 Å². The molecule has 12 heteroatoms. The van der Waals surface area contributed by atoms with Gasteiger partial charge in [-0.15, -0.1) is 0 Å². The Morgan fingerprint density at radius 3 is 2.78 bits per heavy atom. The number of hydrogen-bond donors (Lipinski definition) is 2. The molecule has 0 bridgehead atoms. The van der Waals surface area contributed by atoms with Crippen molar-refractivity contribution in [3.05, 3.63) is 68.4 Å².